The molecule has 5 heteroatoms. The highest BCUT2D eigenvalue weighted by Crippen LogP contribution is 2.29. The van der Waals surface area contributed by atoms with Crippen LogP contribution < -0.4 is 0 Å². The molecule has 2 N–H and O–H groups in total. The van der Waals surface area contributed by atoms with Crippen LogP contribution in [0.15, 0.2) is 54.6 Å². The number of carbonyl (C=O) groups is 1. The van der Waals surface area contributed by atoms with E-state index in [4.69, 9.17) is 0 Å². The van der Waals surface area contributed by atoms with Crippen LogP contribution in [0.2, 0.25) is 0 Å². The molecule has 0 amide bonds. The molecule has 0 atom stereocenters. The topological polar surface area (TPSA) is 70.4 Å². The van der Waals surface area contributed by atoms with Crippen LogP contribution in [-0.2, 0) is 0 Å². The predicted octanol–water partition coefficient (Wildman–Crippen LogP) is 4.43. The van der Waals surface area contributed by atoms with Crippen LogP contribution >= 0.6 is 11.3 Å². The number of hydrogen-bond donors (Lipinski definition) is 2. The minimum atomic E-state index is -0.127. The van der Waals surface area contributed by atoms with Gasteiger partial charge in [-0.05, 0) is 55.0 Å². The smallest absolute Gasteiger partial charge is 0.197 e. The molecule has 0 aliphatic rings. The molecule has 0 unspecified atom stereocenters. The minimum absolute atomic E-state index is 0.127. The van der Waals surface area contributed by atoms with E-state index < -0.39 is 0 Å². The van der Waals surface area contributed by atoms with Gasteiger partial charge in [-0.3, -0.25) is 4.79 Å². The Morgan fingerprint density at radius 3 is 2.54 bits per heavy atom. The summed E-state index contributed by atoms with van der Waals surface area (Å²) in [7, 11) is 0. The average Bonchev–Trinajstić information content (AvgIpc) is 2.95. The Labute approximate surface area is 143 Å². The number of aryl methyl sites for hydroxylation is 1. The molecule has 0 spiro atoms. The molecule has 0 aliphatic heterocycles. The molecule has 3 rings (SSSR count). The van der Waals surface area contributed by atoms with Gasteiger partial charge in [-0.1, -0.05) is 18.2 Å². The lowest BCUT2D eigenvalue weighted by molar-refractivity contribution is 0.105. The normalized spacial score (nSPS) is 11.0. The molecule has 120 valence electrons. The number of nitrogens with zero attached hydrogens (tertiary/aromatic N) is 1. The van der Waals surface area contributed by atoms with E-state index in [0.717, 1.165) is 16.1 Å². The third-order valence-electron chi connectivity index (χ3n) is 3.43. The Morgan fingerprint density at radius 2 is 1.83 bits per heavy atom. The Morgan fingerprint density at radius 1 is 1.08 bits per heavy atom. The Kier molecular flexibility index (Phi) is 4.44. The van der Waals surface area contributed by atoms with Crippen molar-refractivity contribution in [3.63, 3.8) is 0 Å². The van der Waals surface area contributed by atoms with Crippen molar-refractivity contribution >= 4 is 23.2 Å². The number of carbonyl (C=O) groups excluding carboxylic acids is 1. The highest BCUT2D eigenvalue weighted by atomic mass is 32.1. The van der Waals surface area contributed by atoms with E-state index in [-0.39, 0.29) is 17.3 Å². The van der Waals surface area contributed by atoms with Crippen LogP contribution in [0.4, 0.5) is 0 Å². The van der Waals surface area contributed by atoms with Crippen LogP contribution in [-0.4, -0.2) is 21.0 Å². The fraction of sp³-hybridized carbons (Fsp3) is 0.0526. The van der Waals surface area contributed by atoms with E-state index in [1.807, 2.05) is 6.07 Å². The van der Waals surface area contributed by atoms with E-state index in [9.17, 15) is 15.0 Å². The second-order valence-corrected chi connectivity index (χ2v) is 6.27. The summed E-state index contributed by atoms with van der Waals surface area (Å²) in [5.41, 5.74) is 2.29. The summed E-state index contributed by atoms with van der Waals surface area (Å²) in [6.07, 6.45) is 3.15. The van der Waals surface area contributed by atoms with Crippen molar-refractivity contribution in [1.29, 1.82) is 0 Å². The molecule has 0 fully saturated rings. The van der Waals surface area contributed by atoms with Gasteiger partial charge in [-0.15, -0.1) is 11.3 Å². The molecule has 4 nitrogen and oxygen atoms in total. The third-order valence-corrected chi connectivity index (χ3v) is 4.65. The Bertz CT molecular complexity index is 911. The first kappa shape index (κ1) is 16.0. The number of aromatic nitrogens is 1. The van der Waals surface area contributed by atoms with E-state index in [0.29, 0.717) is 10.6 Å². The van der Waals surface area contributed by atoms with Gasteiger partial charge in [0.25, 0.3) is 0 Å². The van der Waals surface area contributed by atoms with E-state index >= 15 is 0 Å². The number of benzene rings is 2. The van der Waals surface area contributed by atoms with Crippen molar-refractivity contribution in [2.24, 2.45) is 0 Å². The Hall–Kier alpha value is -2.92. The minimum Gasteiger partial charge on any atom is -0.508 e. The number of aromatic hydroxyl groups is 2. The van der Waals surface area contributed by atoms with Gasteiger partial charge >= 0.3 is 0 Å². The SMILES string of the molecule is Cc1nc(-c2ccc(O)cc2)sc1C(=O)/C=C/c1cccc(O)c1. The summed E-state index contributed by atoms with van der Waals surface area (Å²) in [6, 6.07) is 13.4. The van der Waals surface area contributed by atoms with Crippen molar-refractivity contribution in [3.8, 4) is 22.1 Å². The molecule has 1 aromatic heterocycles. The number of phenols is 2. The zero-order valence-corrected chi connectivity index (χ0v) is 13.7. The van der Waals surface area contributed by atoms with E-state index in [1.165, 1.54) is 17.4 Å². The fourth-order valence-electron chi connectivity index (χ4n) is 2.23. The molecule has 0 aliphatic carbocycles. The van der Waals surface area contributed by atoms with Crippen LogP contribution in [0.3, 0.4) is 0 Å². The van der Waals surface area contributed by atoms with Gasteiger partial charge < -0.3 is 10.2 Å². The Balaban J connectivity index is 1.84. The molecule has 0 saturated carbocycles. The number of allylic oxidation sites excluding steroid dienone is 1. The highest BCUT2D eigenvalue weighted by molar-refractivity contribution is 7.17. The van der Waals surface area contributed by atoms with Gasteiger partial charge in [0.15, 0.2) is 5.78 Å². The molecule has 0 bridgehead atoms. The van der Waals surface area contributed by atoms with Crippen LogP contribution in [0.1, 0.15) is 20.9 Å². The first-order chi connectivity index (χ1) is 11.5. The van der Waals surface area contributed by atoms with Gasteiger partial charge in [-0.25, -0.2) is 4.98 Å². The third kappa shape index (κ3) is 3.52. The monoisotopic (exact) mass is 337 g/mol. The number of phenolic OH excluding ortho intramolecular Hbond substituents is 2. The summed E-state index contributed by atoms with van der Waals surface area (Å²) >= 11 is 1.32. The van der Waals surface area contributed by atoms with E-state index in [1.54, 1.807) is 55.5 Å². The summed E-state index contributed by atoms with van der Waals surface area (Å²) in [4.78, 5) is 17.4. The zero-order chi connectivity index (χ0) is 17.1. The molecular weight excluding hydrogens is 322 g/mol. The number of hydrogen-bond acceptors (Lipinski definition) is 5. The van der Waals surface area contributed by atoms with Gasteiger partial charge in [0.2, 0.25) is 0 Å². The quantitative estimate of drug-likeness (QED) is 0.546. The molecule has 1 heterocycles. The second-order valence-electron chi connectivity index (χ2n) is 5.27. The second kappa shape index (κ2) is 6.68. The summed E-state index contributed by atoms with van der Waals surface area (Å²) in [6.45, 7) is 1.80. The lowest BCUT2D eigenvalue weighted by Gasteiger charge is -1.95. The molecule has 2 aromatic carbocycles. The van der Waals surface area contributed by atoms with Gasteiger partial charge in [-0.2, -0.15) is 0 Å². The van der Waals surface area contributed by atoms with Crippen molar-refractivity contribution in [1.82, 2.24) is 4.98 Å². The first-order valence-corrected chi connectivity index (χ1v) is 8.13. The lowest BCUT2D eigenvalue weighted by atomic mass is 10.1. The van der Waals surface area contributed by atoms with Gasteiger partial charge in [0.05, 0.1) is 10.6 Å². The first-order valence-electron chi connectivity index (χ1n) is 7.31. The number of rotatable bonds is 4. The fourth-order valence-corrected chi connectivity index (χ4v) is 3.22. The van der Waals surface area contributed by atoms with Crippen molar-refractivity contribution in [3.05, 3.63) is 70.7 Å². The van der Waals surface area contributed by atoms with Crippen molar-refractivity contribution in [2.45, 2.75) is 6.92 Å². The number of thiazole rings is 1. The molecule has 0 radical (unpaired) electrons. The van der Waals surface area contributed by atoms with Crippen molar-refractivity contribution in [2.75, 3.05) is 0 Å². The van der Waals surface area contributed by atoms with Crippen LogP contribution in [0.5, 0.6) is 11.5 Å². The highest BCUT2D eigenvalue weighted by Gasteiger charge is 2.14. The maximum atomic E-state index is 12.4. The standard InChI is InChI=1S/C19H15NO3S/c1-12-18(17(23)10-5-13-3-2-4-16(22)11-13)24-19(20-12)14-6-8-15(21)9-7-14/h2-11,21-22H,1H3/b10-5+. The largest absolute Gasteiger partial charge is 0.508 e. The van der Waals surface area contributed by atoms with Crippen LogP contribution in [0.25, 0.3) is 16.6 Å². The number of ketones is 1. The zero-order valence-electron chi connectivity index (χ0n) is 12.9. The summed E-state index contributed by atoms with van der Waals surface area (Å²) in [5, 5.41) is 19.5. The van der Waals surface area contributed by atoms with Gasteiger partial charge in [0.1, 0.15) is 16.5 Å². The average molecular weight is 337 g/mol. The molecule has 24 heavy (non-hydrogen) atoms. The summed E-state index contributed by atoms with van der Waals surface area (Å²) < 4.78 is 0. The van der Waals surface area contributed by atoms with Gasteiger partial charge in [0, 0.05) is 5.56 Å². The molecule has 0 saturated heterocycles. The molecular formula is C19H15NO3S. The van der Waals surface area contributed by atoms with E-state index in [2.05, 4.69) is 4.98 Å². The summed E-state index contributed by atoms with van der Waals surface area (Å²) in [5.74, 6) is 0.226. The molecule has 3 aromatic rings. The lowest BCUT2D eigenvalue weighted by Crippen LogP contribution is -1.93. The maximum Gasteiger partial charge on any atom is 0.197 e. The van der Waals surface area contributed by atoms with Crippen LogP contribution in [0, 0.1) is 6.92 Å². The predicted molar refractivity (Wildman–Crippen MR) is 95.4 cm³/mol. The maximum absolute atomic E-state index is 12.4. The van der Waals surface area contributed by atoms with Crippen molar-refractivity contribution < 1.29 is 15.0 Å².